The van der Waals surface area contributed by atoms with Crippen LogP contribution in [-0.2, 0) is 26.2 Å². The van der Waals surface area contributed by atoms with Gasteiger partial charge in [-0.1, -0.05) is 30.3 Å². The minimum Gasteiger partial charge on any atom is -0.368 e. The van der Waals surface area contributed by atoms with E-state index >= 15 is 0 Å². The molecular weight excluding hydrogens is 1410 g/mol. The van der Waals surface area contributed by atoms with E-state index in [9.17, 15) is 35.1 Å². The highest BCUT2D eigenvalue weighted by molar-refractivity contribution is 5.93. The lowest BCUT2D eigenvalue weighted by molar-refractivity contribution is 0.535. The molecule has 528 valence electrons. The molecule has 0 bridgehead atoms. The molecule has 16 aromatic rings. The Bertz CT molecular complexity index is 5520. The van der Waals surface area contributed by atoms with E-state index in [4.69, 9.17) is 44.0 Å². The Kier molecular flexibility index (Phi) is 19.9. The van der Waals surface area contributed by atoms with E-state index in [2.05, 4.69) is 80.2 Å². The third-order valence-corrected chi connectivity index (χ3v) is 16.1. The number of benzene rings is 4. The molecule has 0 atom stereocenters. The van der Waals surface area contributed by atoms with Gasteiger partial charge in [-0.3, -0.25) is 9.97 Å². The van der Waals surface area contributed by atoms with Crippen molar-refractivity contribution in [2.45, 2.75) is 26.2 Å². The first kappa shape index (κ1) is 70.7. The van der Waals surface area contributed by atoms with Crippen LogP contribution in [0.2, 0.25) is 0 Å². The van der Waals surface area contributed by atoms with Crippen LogP contribution in [0.5, 0.6) is 0 Å². The lowest BCUT2D eigenvalue weighted by atomic mass is 10.1. The molecule has 0 amide bonds. The Morgan fingerprint density at radius 3 is 1.07 bits per heavy atom. The number of halogens is 8. The Hall–Kier alpha value is -15.7. The van der Waals surface area contributed by atoms with Crippen LogP contribution in [-0.4, -0.2) is 98.9 Å². The fourth-order valence-electron chi connectivity index (χ4n) is 11.0. The lowest BCUT2D eigenvalue weighted by Crippen LogP contribution is -2.08. The number of pyridine rings is 4. The van der Waals surface area contributed by atoms with Crippen molar-refractivity contribution in [2.24, 2.45) is 0 Å². The quantitative estimate of drug-likeness (QED) is 0.0825. The number of nitrogen functional groups attached to an aromatic ring is 4. The largest absolute Gasteiger partial charge is 0.368 e. The van der Waals surface area contributed by atoms with Crippen molar-refractivity contribution >= 4 is 67.9 Å². The van der Waals surface area contributed by atoms with Crippen molar-refractivity contribution in [3.63, 3.8) is 0 Å². The van der Waals surface area contributed by atoms with Crippen LogP contribution < -0.4 is 22.9 Å². The summed E-state index contributed by atoms with van der Waals surface area (Å²) in [5.74, 6) is -5.54. The maximum absolute atomic E-state index is 14.0. The summed E-state index contributed by atoms with van der Waals surface area (Å²) >= 11 is 0. The van der Waals surface area contributed by atoms with Crippen LogP contribution in [0.3, 0.4) is 0 Å². The Morgan fingerprint density at radius 2 is 0.676 bits per heavy atom. The number of fused-ring (bicyclic) bond motifs is 4. The second-order valence-electron chi connectivity index (χ2n) is 22.9. The van der Waals surface area contributed by atoms with Gasteiger partial charge in [-0.15, -0.1) is 0 Å². The van der Waals surface area contributed by atoms with E-state index in [-0.39, 0.29) is 83.6 Å². The maximum atomic E-state index is 14.0. The third kappa shape index (κ3) is 14.8. The molecule has 0 saturated carbocycles. The van der Waals surface area contributed by atoms with Gasteiger partial charge >= 0.3 is 0 Å². The fraction of sp³-hybridized carbons (Fsp3) is 0.0556. The summed E-state index contributed by atoms with van der Waals surface area (Å²) in [5.41, 5.74) is 28.9. The Balaban J connectivity index is 0.000000127. The summed E-state index contributed by atoms with van der Waals surface area (Å²) in [7, 11) is 0. The summed E-state index contributed by atoms with van der Waals surface area (Å²) in [6, 6.07) is 35.5. The highest BCUT2D eigenvalue weighted by Gasteiger charge is 2.23. The van der Waals surface area contributed by atoms with Gasteiger partial charge in [-0.2, -0.15) is 61.4 Å². The fourth-order valence-corrected chi connectivity index (χ4v) is 11.0. The average Bonchev–Trinajstić information content (AvgIpc) is 1.61. The van der Waals surface area contributed by atoms with E-state index in [1.807, 2.05) is 24.3 Å². The second-order valence-corrected chi connectivity index (χ2v) is 22.9. The first-order chi connectivity index (χ1) is 52.3. The predicted molar refractivity (Wildman–Crippen MR) is 373 cm³/mol. The van der Waals surface area contributed by atoms with Crippen molar-refractivity contribution in [1.82, 2.24) is 98.9 Å². The van der Waals surface area contributed by atoms with Gasteiger partial charge in [0.05, 0.1) is 112 Å². The molecule has 0 fully saturated rings. The molecule has 8 N–H and O–H groups in total. The standard InChI is InChI=1S/4C18H11F2N7/c19-13-4-2-5-14(20)12(13)9-27-17-11(8-23-27)16(25-18(22)26-17)15-6-1-3-10(7-21)24-15;19-14-2-1-3-15(20)13(14)9-27-17-12(8-24-27)16(25-18(22)26-17)11-4-10(5-21)6-23-7-11;19-14-2-1-3-15(20)13(14)9-27-17-12(8-24-27)16(25-18(22)26-17)10-4-5-23-11(6-10)7-21;19-13-2-1-3-14(20)12(13)9-27-17-11(8-24-27)16(25-18(22)26-17)15-6-10(7-21)4-5-23-15/h1-6,8H,9H2,(H2,22,25,26);1-4,6-8H,9H2,(H2,22,25,26);2*1-6,8H,9H2,(H2,22,25,26). The summed E-state index contributed by atoms with van der Waals surface area (Å²) in [4.78, 5) is 49.8. The summed E-state index contributed by atoms with van der Waals surface area (Å²) in [6.45, 7) is -0.640. The minimum absolute atomic E-state index is 0.0245. The number of aromatic nitrogens is 20. The number of nitrogens with zero attached hydrogens (tertiary/aromatic N) is 24. The molecule has 0 unspecified atom stereocenters. The zero-order valence-electron chi connectivity index (χ0n) is 55.1. The van der Waals surface area contributed by atoms with Crippen molar-refractivity contribution in [1.29, 1.82) is 21.0 Å². The van der Waals surface area contributed by atoms with Gasteiger partial charge in [-0.05, 0) is 91.0 Å². The molecule has 0 aliphatic carbocycles. The molecule has 12 heterocycles. The second kappa shape index (κ2) is 30.5. The molecule has 12 aromatic heterocycles. The van der Waals surface area contributed by atoms with Gasteiger partial charge in [0.2, 0.25) is 23.8 Å². The van der Waals surface area contributed by atoms with Crippen LogP contribution in [0.4, 0.5) is 58.9 Å². The van der Waals surface area contributed by atoms with Crippen LogP contribution in [0.25, 0.3) is 89.4 Å². The SMILES string of the molecule is N#Cc1cc(-c2nc(N)nc3c2cnn3Cc2c(F)cccc2F)ccn1.N#Cc1cccc(-c2nc(N)nc3c2cnn3Cc2c(F)cccc2F)n1.N#Cc1ccnc(-c2nc(N)nc3c2cnn3Cc2c(F)cccc2F)c1.N#Cc1cncc(-c2nc(N)nc3c2cnn3Cc2c(F)cccc2F)c1. The molecule has 28 nitrogen and oxygen atoms in total. The molecule has 108 heavy (non-hydrogen) atoms. The lowest BCUT2D eigenvalue weighted by Gasteiger charge is -2.08. The number of rotatable bonds is 12. The molecule has 0 saturated heterocycles. The molecule has 0 spiro atoms. The molecule has 4 aromatic carbocycles. The molecule has 36 heteroatoms. The number of hydrogen-bond donors (Lipinski definition) is 4. The van der Waals surface area contributed by atoms with E-state index in [1.54, 1.807) is 48.5 Å². The minimum atomic E-state index is -0.677. The van der Waals surface area contributed by atoms with Crippen molar-refractivity contribution in [2.75, 3.05) is 22.9 Å². The van der Waals surface area contributed by atoms with Crippen molar-refractivity contribution in [3.8, 4) is 69.6 Å². The van der Waals surface area contributed by atoms with Crippen molar-refractivity contribution in [3.05, 3.63) is 262 Å². The zero-order chi connectivity index (χ0) is 75.9. The molecule has 0 aliphatic rings. The molecule has 16 rings (SSSR count). The summed E-state index contributed by atoms with van der Waals surface area (Å²) in [5, 5.41) is 55.0. The van der Waals surface area contributed by atoms with Gasteiger partial charge in [0.15, 0.2) is 22.6 Å². The first-order valence-electron chi connectivity index (χ1n) is 31.4. The van der Waals surface area contributed by atoms with E-state index in [0.29, 0.717) is 101 Å². The summed E-state index contributed by atoms with van der Waals surface area (Å²) in [6.07, 6.45) is 11.9. The predicted octanol–water partition coefficient (Wildman–Crippen LogP) is 10.7. The van der Waals surface area contributed by atoms with Gasteiger partial charge in [0.1, 0.15) is 87.5 Å². The van der Waals surface area contributed by atoms with Crippen LogP contribution in [0, 0.1) is 91.9 Å². The van der Waals surface area contributed by atoms with Gasteiger partial charge in [0, 0.05) is 58.2 Å². The summed E-state index contributed by atoms with van der Waals surface area (Å²) < 4.78 is 117. The van der Waals surface area contributed by atoms with Crippen LogP contribution in [0.15, 0.2) is 171 Å². The number of hydrogen-bond acceptors (Lipinski definition) is 24. The normalized spacial score (nSPS) is 10.9. The van der Waals surface area contributed by atoms with E-state index in [1.165, 1.54) is 141 Å². The van der Waals surface area contributed by atoms with Crippen molar-refractivity contribution < 1.29 is 35.1 Å². The Morgan fingerprint density at radius 1 is 0.315 bits per heavy atom. The Labute approximate surface area is 601 Å². The first-order valence-corrected chi connectivity index (χ1v) is 31.4. The van der Waals surface area contributed by atoms with Crippen LogP contribution >= 0.6 is 0 Å². The molecule has 0 radical (unpaired) electrons. The highest BCUT2D eigenvalue weighted by atomic mass is 19.2. The third-order valence-electron chi connectivity index (χ3n) is 16.1. The smallest absolute Gasteiger partial charge is 0.222 e. The van der Waals surface area contributed by atoms with Crippen LogP contribution in [0.1, 0.15) is 44.8 Å². The number of anilines is 4. The van der Waals surface area contributed by atoms with Gasteiger partial charge in [0.25, 0.3) is 0 Å². The van der Waals surface area contributed by atoms with E-state index in [0.717, 1.165) is 0 Å². The number of nitriles is 4. The zero-order valence-corrected chi connectivity index (χ0v) is 55.1. The average molecular weight is 1450 g/mol. The molecular formula is C72H44F8N28. The van der Waals surface area contributed by atoms with Gasteiger partial charge in [-0.25, -0.2) is 83.8 Å². The monoisotopic (exact) mass is 1450 g/mol. The molecule has 0 aliphatic heterocycles. The highest BCUT2D eigenvalue weighted by Crippen LogP contribution is 2.33. The topological polar surface area (TPSA) is 425 Å². The van der Waals surface area contributed by atoms with Gasteiger partial charge < -0.3 is 22.9 Å². The number of nitrogens with two attached hydrogens (primary N) is 4. The maximum Gasteiger partial charge on any atom is 0.222 e. The van der Waals surface area contributed by atoms with E-state index < -0.39 is 46.5 Å².